The molecule has 9 heteroatoms. The molecule has 2 aromatic carbocycles. The molecular formula is C15H11N3O5S. The smallest absolute Gasteiger partial charge is 0.339 e. The number of nitro benzene ring substituents is 1. The van der Waals surface area contributed by atoms with Gasteiger partial charge in [0.25, 0.3) is 5.69 Å². The largest absolute Gasteiger partial charge is 0.384 e. The first kappa shape index (κ1) is 15.7. The summed E-state index contributed by atoms with van der Waals surface area (Å²) in [6.07, 6.45) is 0. The van der Waals surface area contributed by atoms with Crippen molar-refractivity contribution in [3.05, 3.63) is 64.7 Å². The van der Waals surface area contributed by atoms with Gasteiger partial charge >= 0.3 is 10.1 Å². The van der Waals surface area contributed by atoms with Gasteiger partial charge in [0.05, 0.1) is 4.92 Å². The number of pyridine rings is 1. The van der Waals surface area contributed by atoms with Gasteiger partial charge in [0, 0.05) is 17.5 Å². The molecular weight excluding hydrogens is 334 g/mol. The third-order valence-electron chi connectivity index (χ3n) is 3.24. The van der Waals surface area contributed by atoms with Crippen LogP contribution in [-0.2, 0) is 10.1 Å². The van der Waals surface area contributed by atoms with Gasteiger partial charge in [-0.2, -0.15) is 8.42 Å². The van der Waals surface area contributed by atoms with Crippen LogP contribution < -0.4 is 9.92 Å². The molecule has 0 aliphatic carbocycles. The van der Waals surface area contributed by atoms with E-state index in [0.29, 0.717) is 10.9 Å². The summed E-state index contributed by atoms with van der Waals surface area (Å²) in [5.74, 6) is 0.254. The van der Waals surface area contributed by atoms with Crippen LogP contribution in [0, 0.1) is 10.1 Å². The van der Waals surface area contributed by atoms with Crippen LogP contribution in [0.15, 0.2) is 59.5 Å². The summed E-state index contributed by atoms with van der Waals surface area (Å²) >= 11 is 0. The SMILES string of the molecule is Nc1ccc2cccc(OS(=O)(=O)c3ccc([N+](=O)[O-])cc3)c2n1. The van der Waals surface area contributed by atoms with Crippen LogP contribution in [0.3, 0.4) is 0 Å². The minimum atomic E-state index is -4.16. The van der Waals surface area contributed by atoms with E-state index in [1.807, 2.05) is 0 Å². The fraction of sp³-hybridized carbons (Fsp3) is 0. The van der Waals surface area contributed by atoms with Crippen LogP contribution >= 0.6 is 0 Å². The Balaban J connectivity index is 2.00. The summed E-state index contributed by atoms with van der Waals surface area (Å²) < 4.78 is 29.9. The Morgan fingerprint density at radius 1 is 1.04 bits per heavy atom. The first-order valence-corrected chi connectivity index (χ1v) is 8.12. The summed E-state index contributed by atoms with van der Waals surface area (Å²) in [4.78, 5) is 13.9. The van der Waals surface area contributed by atoms with E-state index >= 15 is 0 Å². The van der Waals surface area contributed by atoms with Crippen molar-refractivity contribution in [2.24, 2.45) is 0 Å². The van der Waals surface area contributed by atoms with Crippen LogP contribution in [0.4, 0.5) is 11.5 Å². The summed E-state index contributed by atoms with van der Waals surface area (Å²) in [5, 5.41) is 11.3. The maximum Gasteiger partial charge on any atom is 0.339 e. The van der Waals surface area contributed by atoms with Gasteiger partial charge in [0.2, 0.25) is 0 Å². The van der Waals surface area contributed by atoms with E-state index in [0.717, 1.165) is 24.3 Å². The van der Waals surface area contributed by atoms with E-state index in [2.05, 4.69) is 4.98 Å². The van der Waals surface area contributed by atoms with E-state index in [9.17, 15) is 18.5 Å². The maximum absolute atomic E-state index is 12.4. The number of nitrogens with two attached hydrogens (primary N) is 1. The number of aromatic nitrogens is 1. The highest BCUT2D eigenvalue weighted by atomic mass is 32.2. The van der Waals surface area contributed by atoms with Crippen molar-refractivity contribution in [2.75, 3.05) is 5.73 Å². The van der Waals surface area contributed by atoms with Gasteiger partial charge in [-0.1, -0.05) is 12.1 Å². The minimum absolute atomic E-state index is 0.0261. The van der Waals surface area contributed by atoms with Crippen LogP contribution in [-0.4, -0.2) is 18.3 Å². The van der Waals surface area contributed by atoms with Gasteiger partial charge < -0.3 is 9.92 Å². The number of rotatable bonds is 4. The standard InChI is InChI=1S/C15H11N3O5S/c16-14-9-4-10-2-1-3-13(15(10)17-14)23-24(21,22)12-7-5-11(6-8-12)18(19)20/h1-9H,(H2,16,17). The number of hydrogen-bond donors (Lipinski definition) is 1. The van der Waals surface area contributed by atoms with E-state index in [4.69, 9.17) is 9.92 Å². The lowest BCUT2D eigenvalue weighted by Crippen LogP contribution is -2.10. The third kappa shape index (κ3) is 2.97. The molecule has 0 atom stereocenters. The highest BCUT2D eigenvalue weighted by Gasteiger charge is 2.19. The zero-order chi connectivity index (χ0) is 17.3. The molecule has 0 unspecified atom stereocenters. The Hall–Kier alpha value is -3.20. The fourth-order valence-electron chi connectivity index (χ4n) is 2.10. The van der Waals surface area contributed by atoms with E-state index in [1.165, 1.54) is 6.07 Å². The highest BCUT2D eigenvalue weighted by molar-refractivity contribution is 7.87. The van der Waals surface area contributed by atoms with Gasteiger partial charge in [-0.3, -0.25) is 10.1 Å². The second-order valence-corrected chi connectivity index (χ2v) is 6.40. The van der Waals surface area contributed by atoms with E-state index in [-0.39, 0.29) is 22.2 Å². The number of fused-ring (bicyclic) bond motifs is 1. The second kappa shape index (κ2) is 5.78. The van der Waals surface area contributed by atoms with Gasteiger partial charge in [-0.05, 0) is 30.3 Å². The molecule has 0 bridgehead atoms. The van der Waals surface area contributed by atoms with Crippen molar-refractivity contribution in [2.45, 2.75) is 4.90 Å². The molecule has 0 saturated heterocycles. The van der Waals surface area contributed by atoms with Gasteiger partial charge in [-0.15, -0.1) is 0 Å². The van der Waals surface area contributed by atoms with E-state index in [1.54, 1.807) is 24.3 Å². The second-order valence-electron chi connectivity index (χ2n) is 4.85. The van der Waals surface area contributed by atoms with Gasteiger partial charge in [0.15, 0.2) is 5.75 Å². The molecule has 0 aliphatic rings. The Kier molecular flexibility index (Phi) is 3.78. The molecule has 3 aromatic rings. The molecule has 0 radical (unpaired) electrons. The minimum Gasteiger partial charge on any atom is -0.384 e. The van der Waals surface area contributed by atoms with Crippen molar-refractivity contribution in [1.29, 1.82) is 0 Å². The number of para-hydroxylation sites is 1. The van der Waals surface area contributed by atoms with Crippen molar-refractivity contribution in [1.82, 2.24) is 4.98 Å². The van der Waals surface area contributed by atoms with Gasteiger partial charge in [0.1, 0.15) is 16.2 Å². The summed E-state index contributed by atoms with van der Waals surface area (Å²) in [6.45, 7) is 0. The first-order valence-electron chi connectivity index (χ1n) is 6.71. The predicted molar refractivity (Wildman–Crippen MR) is 87.1 cm³/mol. The fourth-order valence-corrected chi connectivity index (χ4v) is 3.04. The Labute approximate surface area is 136 Å². The Morgan fingerprint density at radius 3 is 2.42 bits per heavy atom. The highest BCUT2D eigenvalue weighted by Crippen LogP contribution is 2.28. The summed E-state index contributed by atoms with van der Waals surface area (Å²) in [5.41, 5.74) is 5.73. The Morgan fingerprint density at radius 2 is 1.75 bits per heavy atom. The zero-order valence-corrected chi connectivity index (χ0v) is 12.9. The Bertz CT molecular complexity index is 1030. The number of nitro groups is 1. The lowest BCUT2D eigenvalue weighted by atomic mass is 10.2. The molecule has 0 aliphatic heterocycles. The number of nitrogen functional groups attached to an aromatic ring is 1. The lowest BCUT2D eigenvalue weighted by molar-refractivity contribution is -0.384. The molecule has 0 fully saturated rings. The van der Waals surface area contributed by atoms with Crippen molar-refractivity contribution < 1.29 is 17.5 Å². The number of hydrogen-bond acceptors (Lipinski definition) is 7. The molecule has 24 heavy (non-hydrogen) atoms. The molecule has 0 saturated carbocycles. The molecule has 1 heterocycles. The zero-order valence-electron chi connectivity index (χ0n) is 12.1. The van der Waals surface area contributed by atoms with Gasteiger partial charge in [-0.25, -0.2) is 4.98 Å². The number of anilines is 1. The quantitative estimate of drug-likeness (QED) is 0.437. The van der Waals surface area contributed by atoms with Crippen LogP contribution in [0.2, 0.25) is 0 Å². The topological polar surface area (TPSA) is 125 Å². The monoisotopic (exact) mass is 345 g/mol. The normalized spacial score (nSPS) is 11.3. The van der Waals surface area contributed by atoms with Crippen LogP contribution in [0.25, 0.3) is 10.9 Å². The molecule has 2 N–H and O–H groups in total. The van der Waals surface area contributed by atoms with Crippen molar-refractivity contribution in [3.63, 3.8) is 0 Å². The van der Waals surface area contributed by atoms with Crippen molar-refractivity contribution in [3.8, 4) is 5.75 Å². The number of benzene rings is 2. The molecule has 8 nitrogen and oxygen atoms in total. The maximum atomic E-state index is 12.4. The average molecular weight is 345 g/mol. The lowest BCUT2D eigenvalue weighted by Gasteiger charge is -2.09. The molecule has 1 aromatic heterocycles. The molecule has 0 amide bonds. The number of nitrogens with zero attached hydrogens (tertiary/aromatic N) is 2. The summed E-state index contributed by atoms with van der Waals surface area (Å²) in [7, 11) is -4.16. The first-order chi connectivity index (χ1) is 11.4. The summed E-state index contributed by atoms with van der Waals surface area (Å²) in [6, 6.07) is 12.5. The van der Waals surface area contributed by atoms with E-state index < -0.39 is 15.0 Å². The van der Waals surface area contributed by atoms with Crippen LogP contribution in [0.5, 0.6) is 5.75 Å². The number of non-ortho nitro benzene ring substituents is 1. The molecule has 0 spiro atoms. The predicted octanol–water partition coefficient (Wildman–Crippen LogP) is 2.49. The third-order valence-corrected chi connectivity index (χ3v) is 4.49. The van der Waals surface area contributed by atoms with Crippen molar-refractivity contribution >= 4 is 32.5 Å². The average Bonchev–Trinajstić information content (AvgIpc) is 2.55. The molecule has 3 rings (SSSR count). The molecule has 122 valence electrons. The van der Waals surface area contributed by atoms with Crippen LogP contribution in [0.1, 0.15) is 0 Å².